The smallest absolute Gasteiger partial charge is 0.192 e. The molecule has 8 heteroatoms. The van der Waals surface area contributed by atoms with Gasteiger partial charge in [-0.2, -0.15) is 5.10 Å². The topological polar surface area (TPSA) is 79.0 Å². The highest BCUT2D eigenvalue weighted by atomic mass is 127. The molecule has 0 aliphatic carbocycles. The summed E-state index contributed by atoms with van der Waals surface area (Å²) in [4.78, 5) is 2.27. The van der Waals surface area contributed by atoms with Crippen LogP contribution >= 0.6 is 23.0 Å². The van der Waals surface area contributed by atoms with Crippen LogP contribution in [-0.2, 0) is 0 Å². The van der Waals surface area contributed by atoms with Crippen LogP contribution in [-0.4, -0.2) is 44.6 Å². The van der Waals surface area contributed by atoms with Gasteiger partial charge < -0.3 is 13.3 Å². The number of hydrogen-bond donors (Lipinski definition) is 2. The summed E-state index contributed by atoms with van der Waals surface area (Å²) in [5.41, 5.74) is 4.99. The highest BCUT2D eigenvalue weighted by Crippen LogP contribution is 2.36. The van der Waals surface area contributed by atoms with Crippen molar-refractivity contribution in [2.24, 2.45) is 0 Å². The number of piperidine rings is 1. The second-order valence-electron chi connectivity index (χ2n) is 10.0. The molecule has 0 bridgehead atoms. The van der Waals surface area contributed by atoms with Crippen LogP contribution in [0.15, 0.2) is 36.5 Å². The van der Waals surface area contributed by atoms with E-state index in [1.165, 1.54) is 0 Å². The Bertz CT molecular complexity index is 1080. The van der Waals surface area contributed by atoms with Crippen LogP contribution in [0.3, 0.4) is 0 Å². The van der Waals surface area contributed by atoms with Crippen LogP contribution < -0.4 is 13.3 Å². The Morgan fingerprint density at radius 1 is 1.03 bits per heavy atom. The summed E-state index contributed by atoms with van der Waals surface area (Å²) < 4.78 is 5.65. The van der Waals surface area contributed by atoms with Gasteiger partial charge in [-0.3, -0.25) is 5.10 Å². The maximum absolute atomic E-state index is 5.65. The Balaban J connectivity index is 1.58. The Morgan fingerprint density at radius 3 is 2.31 bits per heavy atom. The second kappa shape index (κ2) is 8.62. The Morgan fingerprint density at radius 2 is 1.75 bits per heavy atom. The van der Waals surface area contributed by atoms with Gasteiger partial charge in [-0.05, 0) is 77.3 Å². The van der Waals surface area contributed by atoms with Crippen LogP contribution in [0.1, 0.15) is 46.2 Å². The summed E-state index contributed by atoms with van der Waals surface area (Å²) in [7, 11) is 2.12. The lowest BCUT2D eigenvalue weighted by Crippen LogP contribution is -2.62. The van der Waals surface area contributed by atoms with Gasteiger partial charge in [0.15, 0.2) is 28.8 Å². The molecule has 0 spiro atoms. The number of aromatic nitrogens is 4. The second-order valence-corrected chi connectivity index (χ2v) is 10.5. The van der Waals surface area contributed by atoms with Crippen molar-refractivity contribution in [3.8, 4) is 28.1 Å². The van der Waals surface area contributed by atoms with Crippen molar-refractivity contribution in [1.29, 1.82) is 0 Å². The van der Waals surface area contributed by atoms with Crippen LogP contribution in [0.2, 0.25) is 0 Å². The molecule has 32 heavy (non-hydrogen) atoms. The van der Waals surface area contributed by atoms with Gasteiger partial charge in [0.05, 0.1) is 11.9 Å². The molecule has 2 aromatic heterocycles. The number of aryl methyl sites for hydroxylation is 1. The predicted octanol–water partition coefficient (Wildman–Crippen LogP) is 5.32. The van der Waals surface area contributed by atoms with E-state index in [4.69, 9.17) is 3.07 Å². The Labute approximate surface area is 204 Å². The molecule has 0 unspecified atom stereocenters. The third-order valence-corrected chi connectivity index (χ3v) is 6.68. The average molecular weight is 546 g/mol. The van der Waals surface area contributed by atoms with E-state index in [1.807, 2.05) is 54.3 Å². The summed E-state index contributed by atoms with van der Waals surface area (Å²) in [5, 5.41) is 20.0. The van der Waals surface area contributed by atoms with Gasteiger partial charge in [-0.1, -0.05) is 6.07 Å². The molecule has 1 aliphatic rings. The number of rotatable bonds is 5. The maximum atomic E-state index is 5.65. The normalized spacial score (nSPS) is 17.8. The molecule has 0 saturated carbocycles. The molecule has 0 atom stereocenters. The van der Waals surface area contributed by atoms with Crippen molar-refractivity contribution < 1.29 is 3.07 Å². The first-order valence-corrected chi connectivity index (χ1v) is 11.8. The summed E-state index contributed by atoms with van der Waals surface area (Å²) in [6.45, 7) is 11.1. The van der Waals surface area contributed by atoms with Gasteiger partial charge in [0.25, 0.3) is 0 Å². The fourth-order valence-electron chi connectivity index (χ4n) is 4.99. The molecule has 1 aromatic carbocycles. The van der Waals surface area contributed by atoms with E-state index < -0.39 is 0 Å². The number of H-pyrrole nitrogens is 1. The minimum Gasteiger partial charge on any atom is -0.427 e. The van der Waals surface area contributed by atoms with Crippen LogP contribution in [0.5, 0.6) is 5.75 Å². The molecule has 1 fully saturated rings. The molecular weight excluding hydrogens is 515 g/mol. The Hall–Kier alpha value is -2.20. The molecule has 4 rings (SSSR count). The van der Waals surface area contributed by atoms with Crippen molar-refractivity contribution in [3.05, 3.63) is 42.2 Å². The molecule has 3 aromatic rings. The van der Waals surface area contributed by atoms with E-state index in [9.17, 15) is 0 Å². The van der Waals surface area contributed by atoms with Gasteiger partial charge in [-0.25, -0.2) is 0 Å². The van der Waals surface area contributed by atoms with Crippen molar-refractivity contribution in [2.75, 3.05) is 11.9 Å². The van der Waals surface area contributed by atoms with E-state index in [1.54, 1.807) is 0 Å². The van der Waals surface area contributed by atoms with Gasteiger partial charge in [0.1, 0.15) is 5.75 Å². The average Bonchev–Trinajstić information content (AvgIpc) is 3.16. The zero-order valence-corrected chi connectivity index (χ0v) is 21.7. The van der Waals surface area contributed by atoms with Crippen molar-refractivity contribution in [2.45, 2.75) is 64.6 Å². The number of anilines is 1. The lowest BCUT2D eigenvalue weighted by Gasteiger charge is -2.49. The molecule has 3 heterocycles. The minimum atomic E-state index is 0.0790. The largest absolute Gasteiger partial charge is 0.427 e. The fourth-order valence-corrected chi connectivity index (χ4v) is 5.36. The zero-order chi connectivity index (χ0) is 23.1. The van der Waals surface area contributed by atoms with Crippen LogP contribution in [0.25, 0.3) is 22.4 Å². The molecule has 170 valence electrons. The van der Waals surface area contributed by atoms with Crippen LogP contribution in [0, 0.1) is 6.92 Å². The lowest BCUT2D eigenvalue weighted by molar-refractivity contribution is 0.160. The monoisotopic (exact) mass is 546 g/mol. The zero-order valence-electron chi connectivity index (χ0n) is 19.5. The summed E-state index contributed by atoms with van der Waals surface area (Å²) in [6.07, 6.45) is 3.94. The molecule has 1 saturated heterocycles. The third-order valence-electron chi connectivity index (χ3n) is 6.21. The molecular formula is C24H31IN6O. The van der Waals surface area contributed by atoms with Gasteiger partial charge >= 0.3 is 0 Å². The first kappa shape index (κ1) is 23.0. The van der Waals surface area contributed by atoms with Gasteiger partial charge in [0, 0.05) is 41.0 Å². The third kappa shape index (κ3) is 4.76. The van der Waals surface area contributed by atoms with Gasteiger partial charge in [0.2, 0.25) is 0 Å². The molecule has 1 aliphatic heterocycles. The number of nitrogens with zero attached hydrogens (tertiary/aromatic N) is 4. The SMILES string of the molecule is Cc1[nH]ncc1-c1ccc(-c2ccc(N(C)C3CC(C)(C)NC(C)(C)C3)nn2)c(OI)c1. The predicted molar refractivity (Wildman–Crippen MR) is 137 cm³/mol. The van der Waals surface area contributed by atoms with E-state index in [0.717, 1.165) is 52.5 Å². The minimum absolute atomic E-state index is 0.0790. The summed E-state index contributed by atoms with van der Waals surface area (Å²) >= 11 is 1.92. The van der Waals surface area contributed by atoms with Gasteiger partial charge in [-0.15, -0.1) is 10.2 Å². The summed E-state index contributed by atoms with van der Waals surface area (Å²) in [6, 6.07) is 10.6. The standard InChI is InChI=1S/C24H31IN6O/c1-15-19(14-26-27-15)16-7-8-18(21(11-16)32-25)20-9-10-22(29-28-20)31(6)17-12-23(2,3)30-24(4,5)13-17/h7-11,14,17,30H,12-13H2,1-6H3,(H,26,27). The maximum Gasteiger partial charge on any atom is 0.192 e. The number of benzene rings is 1. The molecule has 0 radical (unpaired) electrons. The number of hydrogen-bond acceptors (Lipinski definition) is 6. The van der Waals surface area contributed by atoms with E-state index in [-0.39, 0.29) is 11.1 Å². The first-order chi connectivity index (χ1) is 15.1. The number of nitrogens with one attached hydrogen (secondary N) is 2. The molecule has 7 nitrogen and oxygen atoms in total. The summed E-state index contributed by atoms with van der Waals surface area (Å²) in [5.74, 6) is 1.63. The number of halogens is 1. The van der Waals surface area contributed by atoms with Crippen molar-refractivity contribution >= 4 is 28.8 Å². The Kier molecular flexibility index (Phi) is 6.19. The lowest BCUT2D eigenvalue weighted by atomic mass is 9.79. The highest BCUT2D eigenvalue weighted by Gasteiger charge is 2.39. The first-order valence-electron chi connectivity index (χ1n) is 10.9. The van der Waals surface area contributed by atoms with E-state index in [2.05, 4.69) is 77.5 Å². The van der Waals surface area contributed by atoms with E-state index >= 15 is 0 Å². The molecule has 2 N–H and O–H groups in total. The van der Waals surface area contributed by atoms with Crippen molar-refractivity contribution in [3.63, 3.8) is 0 Å². The number of aromatic amines is 1. The van der Waals surface area contributed by atoms with E-state index in [0.29, 0.717) is 6.04 Å². The van der Waals surface area contributed by atoms with Crippen LogP contribution in [0.4, 0.5) is 5.82 Å². The fraction of sp³-hybridized carbons (Fsp3) is 0.458. The quantitative estimate of drug-likeness (QED) is 0.422. The highest BCUT2D eigenvalue weighted by molar-refractivity contribution is 14.1. The molecule has 0 amide bonds. The van der Waals surface area contributed by atoms with Crippen molar-refractivity contribution in [1.82, 2.24) is 25.7 Å².